The zero-order valence-corrected chi connectivity index (χ0v) is 9.36. The van der Waals surface area contributed by atoms with Crippen molar-refractivity contribution in [2.45, 2.75) is 20.4 Å². The van der Waals surface area contributed by atoms with E-state index in [0.717, 1.165) is 5.56 Å². The maximum Gasteiger partial charge on any atom is 0.222 e. The van der Waals surface area contributed by atoms with Gasteiger partial charge in [-0.3, -0.25) is 9.59 Å². The van der Waals surface area contributed by atoms with Gasteiger partial charge in [-0.05, 0) is 17.7 Å². The molecule has 0 aliphatic rings. The summed E-state index contributed by atoms with van der Waals surface area (Å²) in [6, 6.07) is 4.67. The molecule has 0 fully saturated rings. The van der Waals surface area contributed by atoms with Crippen LogP contribution < -0.4 is 5.32 Å². The highest BCUT2D eigenvalue weighted by Gasteiger charge is 2.07. The minimum atomic E-state index is -0.0670. The fourth-order valence-electron chi connectivity index (χ4n) is 1.20. The molecule has 0 saturated heterocycles. The molecule has 0 heterocycles. The maximum atomic E-state index is 11.3. The van der Waals surface area contributed by atoms with Crippen molar-refractivity contribution in [2.75, 3.05) is 0 Å². The van der Waals surface area contributed by atoms with Gasteiger partial charge in [0.25, 0.3) is 0 Å². The van der Waals surface area contributed by atoms with Gasteiger partial charge in [-0.25, -0.2) is 0 Å². The monoisotopic (exact) mass is 221 g/mol. The van der Waals surface area contributed by atoms with E-state index in [1.54, 1.807) is 12.1 Å². The van der Waals surface area contributed by atoms with Crippen LogP contribution in [0.3, 0.4) is 0 Å². The Morgan fingerprint density at radius 1 is 1.50 bits per heavy atom. The Hall–Kier alpha value is -1.84. The molecule has 4 heteroatoms. The molecule has 4 nitrogen and oxygen atoms in total. The van der Waals surface area contributed by atoms with Gasteiger partial charge >= 0.3 is 0 Å². The topological polar surface area (TPSA) is 66.4 Å². The molecule has 0 radical (unpaired) electrons. The number of aldehydes is 1. The molecule has 0 spiro atoms. The molecule has 0 aromatic heterocycles. The third kappa shape index (κ3) is 3.08. The molecular weight excluding hydrogens is 206 g/mol. The van der Waals surface area contributed by atoms with Crippen molar-refractivity contribution in [2.24, 2.45) is 5.92 Å². The summed E-state index contributed by atoms with van der Waals surface area (Å²) < 4.78 is 0. The predicted octanol–water partition coefficient (Wildman–Crippen LogP) is 1.48. The minimum absolute atomic E-state index is 0.0410. The van der Waals surface area contributed by atoms with Gasteiger partial charge in [0.05, 0.1) is 5.56 Å². The lowest BCUT2D eigenvalue weighted by Crippen LogP contribution is -2.27. The molecule has 0 aliphatic carbocycles. The van der Waals surface area contributed by atoms with E-state index in [9.17, 15) is 14.7 Å². The van der Waals surface area contributed by atoms with Gasteiger partial charge in [0.1, 0.15) is 5.75 Å². The van der Waals surface area contributed by atoms with E-state index >= 15 is 0 Å². The first-order valence-corrected chi connectivity index (χ1v) is 5.09. The van der Waals surface area contributed by atoms with Crippen LogP contribution in [0.4, 0.5) is 0 Å². The number of phenols is 1. The van der Waals surface area contributed by atoms with Crippen LogP contribution in [0.25, 0.3) is 0 Å². The third-order valence-corrected chi connectivity index (χ3v) is 2.21. The molecule has 0 atom stereocenters. The van der Waals surface area contributed by atoms with Crippen LogP contribution >= 0.6 is 0 Å². The Morgan fingerprint density at radius 3 is 2.75 bits per heavy atom. The molecule has 2 N–H and O–H groups in total. The molecule has 1 aromatic rings. The number of carbonyl (C=O) groups excluding carboxylic acids is 2. The maximum absolute atomic E-state index is 11.3. The zero-order valence-electron chi connectivity index (χ0n) is 9.36. The van der Waals surface area contributed by atoms with Gasteiger partial charge in [-0.15, -0.1) is 0 Å². The number of carbonyl (C=O) groups is 2. The summed E-state index contributed by atoms with van der Waals surface area (Å²) in [7, 11) is 0. The zero-order chi connectivity index (χ0) is 12.1. The Balaban J connectivity index is 2.68. The van der Waals surface area contributed by atoms with Gasteiger partial charge in [-0.1, -0.05) is 19.9 Å². The molecule has 0 unspecified atom stereocenters. The van der Waals surface area contributed by atoms with E-state index in [0.29, 0.717) is 12.8 Å². The van der Waals surface area contributed by atoms with Gasteiger partial charge in [0.2, 0.25) is 5.91 Å². The number of benzene rings is 1. The van der Waals surface area contributed by atoms with Gasteiger partial charge in [0.15, 0.2) is 6.29 Å². The fraction of sp³-hybridized carbons (Fsp3) is 0.333. The van der Waals surface area contributed by atoms with E-state index < -0.39 is 0 Å². The molecule has 86 valence electrons. The molecular formula is C12H15NO3. The van der Waals surface area contributed by atoms with E-state index in [4.69, 9.17) is 0 Å². The van der Waals surface area contributed by atoms with Crippen LogP contribution in [0.5, 0.6) is 5.75 Å². The van der Waals surface area contributed by atoms with Crippen molar-refractivity contribution in [3.05, 3.63) is 29.3 Å². The number of hydrogen-bond acceptors (Lipinski definition) is 3. The van der Waals surface area contributed by atoms with E-state index in [1.165, 1.54) is 6.07 Å². The SMILES string of the molecule is CC(C)C(=O)NCc1ccc(O)c(C=O)c1. The number of amides is 1. The number of rotatable bonds is 4. The Labute approximate surface area is 94.3 Å². The standard InChI is InChI=1S/C12H15NO3/c1-8(2)12(16)13-6-9-3-4-11(15)10(5-9)7-14/h3-5,7-8,15H,6H2,1-2H3,(H,13,16). The lowest BCUT2D eigenvalue weighted by molar-refractivity contribution is -0.124. The largest absolute Gasteiger partial charge is 0.507 e. The first-order chi connectivity index (χ1) is 7.54. The van der Waals surface area contributed by atoms with Crippen LogP contribution in [0.2, 0.25) is 0 Å². The van der Waals surface area contributed by atoms with Crippen molar-refractivity contribution in [1.29, 1.82) is 0 Å². The highest BCUT2D eigenvalue weighted by molar-refractivity contribution is 5.80. The normalized spacial score (nSPS) is 10.2. The average molecular weight is 221 g/mol. The molecule has 1 aromatic carbocycles. The number of aromatic hydroxyl groups is 1. The fourth-order valence-corrected chi connectivity index (χ4v) is 1.20. The molecule has 0 aliphatic heterocycles. The molecule has 0 saturated carbocycles. The smallest absolute Gasteiger partial charge is 0.222 e. The first kappa shape index (κ1) is 12.2. The average Bonchev–Trinajstić information content (AvgIpc) is 2.27. The van der Waals surface area contributed by atoms with Crippen molar-refractivity contribution < 1.29 is 14.7 Å². The Bertz CT molecular complexity index is 399. The summed E-state index contributed by atoms with van der Waals surface area (Å²) >= 11 is 0. The van der Waals surface area contributed by atoms with Gasteiger partial charge in [0, 0.05) is 12.5 Å². The summed E-state index contributed by atoms with van der Waals surface area (Å²) in [6.45, 7) is 3.98. The molecule has 1 rings (SSSR count). The summed E-state index contributed by atoms with van der Waals surface area (Å²) in [5, 5.41) is 12.0. The number of hydrogen-bond donors (Lipinski definition) is 2. The molecule has 16 heavy (non-hydrogen) atoms. The van der Waals surface area contributed by atoms with Crippen molar-refractivity contribution >= 4 is 12.2 Å². The summed E-state index contributed by atoms with van der Waals surface area (Å²) in [5.74, 6) is -0.155. The lowest BCUT2D eigenvalue weighted by Gasteiger charge is -2.08. The third-order valence-electron chi connectivity index (χ3n) is 2.21. The quantitative estimate of drug-likeness (QED) is 0.757. The van der Waals surface area contributed by atoms with Gasteiger partial charge in [-0.2, -0.15) is 0 Å². The van der Waals surface area contributed by atoms with Crippen LogP contribution in [0, 0.1) is 5.92 Å². The summed E-state index contributed by atoms with van der Waals surface area (Å²) in [5.41, 5.74) is 1.02. The van der Waals surface area contributed by atoms with Crippen LogP contribution in [-0.4, -0.2) is 17.3 Å². The second-order valence-corrected chi connectivity index (χ2v) is 3.88. The van der Waals surface area contributed by atoms with Crippen LogP contribution in [0.15, 0.2) is 18.2 Å². The van der Waals surface area contributed by atoms with Gasteiger partial charge < -0.3 is 10.4 Å². The predicted molar refractivity (Wildman–Crippen MR) is 60.2 cm³/mol. The van der Waals surface area contributed by atoms with E-state index in [2.05, 4.69) is 5.32 Å². The van der Waals surface area contributed by atoms with Crippen molar-refractivity contribution in [3.63, 3.8) is 0 Å². The number of phenolic OH excluding ortho intramolecular Hbond substituents is 1. The second kappa shape index (κ2) is 5.30. The highest BCUT2D eigenvalue weighted by Crippen LogP contribution is 2.16. The Kier molecular flexibility index (Phi) is 4.05. The molecule has 1 amide bonds. The number of nitrogens with one attached hydrogen (secondary N) is 1. The summed E-state index contributed by atoms with van der Waals surface area (Å²) in [4.78, 5) is 21.9. The summed E-state index contributed by atoms with van der Waals surface area (Å²) in [6.07, 6.45) is 0.586. The van der Waals surface area contributed by atoms with E-state index in [-0.39, 0.29) is 23.1 Å². The lowest BCUT2D eigenvalue weighted by atomic mass is 10.1. The Morgan fingerprint density at radius 2 is 2.19 bits per heavy atom. The molecule has 0 bridgehead atoms. The van der Waals surface area contributed by atoms with Crippen molar-refractivity contribution in [3.8, 4) is 5.75 Å². The van der Waals surface area contributed by atoms with Crippen LogP contribution in [0.1, 0.15) is 29.8 Å². The second-order valence-electron chi connectivity index (χ2n) is 3.88. The highest BCUT2D eigenvalue weighted by atomic mass is 16.3. The van der Waals surface area contributed by atoms with Crippen LogP contribution in [-0.2, 0) is 11.3 Å². The van der Waals surface area contributed by atoms with Crippen molar-refractivity contribution in [1.82, 2.24) is 5.32 Å². The first-order valence-electron chi connectivity index (χ1n) is 5.09. The van der Waals surface area contributed by atoms with E-state index in [1.807, 2.05) is 13.8 Å². The minimum Gasteiger partial charge on any atom is -0.507 e.